The first-order chi connectivity index (χ1) is 9.69. The summed E-state index contributed by atoms with van der Waals surface area (Å²) in [5.41, 5.74) is 2.10. The standard InChI is InChI=1S/C16H18N2OS/c1-12(13-6-4-3-5-7-13)17-16(20-2)18-14-8-10-15(19)11-9-14/h3-12,19H,1-2H3,(H,17,18)/t12-/m0/s1. The van der Waals surface area contributed by atoms with Crippen molar-refractivity contribution in [2.45, 2.75) is 13.0 Å². The summed E-state index contributed by atoms with van der Waals surface area (Å²) in [4.78, 5) is 4.69. The summed E-state index contributed by atoms with van der Waals surface area (Å²) in [6.07, 6.45) is 1.99. The van der Waals surface area contributed by atoms with Gasteiger partial charge in [0.2, 0.25) is 0 Å². The summed E-state index contributed by atoms with van der Waals surface area (Å²) < 4.78 is 0. The third kappa shape index (κ3) is 4.03. The Morgan fingerprint density at radius 3 is 2.35 bits per heavy atom. The predicted molar refractivity (Wildman–Crippen MR) is 87.5 cm³/mol. The Morgan fingerprint density at radius 2 is 1.75 bits per heavy atom. The highest BCUT2D eigenvalue weighted by Gasteiger charge is 2.05. The molecule has 0 aromatic heterocycles. The van der Waals surface area contributed by atoms with Crippen LogP contribution in [0.2, 0.25) is 0 Å². The van der Waals surface area contributed by atoms with Crippen LogP contribution in [0, 0.1) is 0 Å². The fourth-order valence-corrected chi connectivity index (χ4v) is 2.27. The van der Waals surface area contributed by atoms with Crippen molar-refractivity contribution in [3.05, 3.63) is 60.2 Å². The largest absolute Gasteiger partial charge is 0.508 e. The number of amidine groups is 1. The number of phenols is 1. The van der Waals surface area contributed by atoms with E-state index in [-0.39, 0.29) is 11.8 Å². The summed E-state index contributed by atoms with van der Waals surface area (Å²) in [6, 6.07) is 17.3. The van der Waals surface area contributed by atoms with E-state index in [1.807, 2.05) is 36.6 Å². The van der Waals surface area contributed by atoms with E-state index < -0.39 is 0 Å². The molecule has 3 nitrogen and oxygen atoms in total. The normalized spacial score (nSPS) is 13.0. The second-order valence-corrected chi connectivity index (χ2v) is 5.19. The molecule has 0 amide bonds. The average molecular weight is 286 g/mol. The molecule has 4 heteroatoms. The Hall–Kier alpha value is -1.94. The lowest BCUT2D eigenvalue weighted by Crippen LogP contribution is -2.08. The van der Waals surface area contributed by atoms with Crippen molar-refractivity contribution in [2.24, 2.45) is 4.99 Å². The minimum Gasteiger partial charge on any atom is -0.508 e. The minimum absolute atomic E-state index is 0.100. The molecule has 0 radical (unpaired) electrons. The first-order valence-corrected chi connectivity index (χ1v) is 7.64. The highest BCUT2D eigenvalue weighted by molar-refractivity contribution is 8.13. The Morgan fingerprint density at radius 1 is 1.10 bits per heavy atom. The molecule has 0 aliphatic carbocycles. The highest BCUT2D eigenvalue weighted by atomic mass is 32.2. The van der Waals surface area contributed by atoms with Crippen molar-refractivity contribution < 1.29 is 5.11 Å². The van der Waals surface area contributed by atoms with Crippen LogP contribution in [-0.4, -0.2) is 16.5 Å². The maximum atomic E-state index is 9.28. The van der Waals surface area contributed by atoms with Gasteiger partial charge in [-0.25, -0.2) is 0 Å². The van der Waals surface area contributed by atoms with Crippen molar-refractivity contribution in [3.63, 3.8) is 0 Å². The van der Waals surface area contributed by atoms with Gasteiger partial charge in [-0.05, 0) is 43.0 Å². The molecule has 20 heavy (non-hydrogen) atoms. The number of aromatic hydroxyl groups is 1. The molecule has 0 spiro atoms. The van der Waals surface area contributed by atoms with Gasteiger partial charge in [-0.1, -0.05) is 42.1 Å². The van der Waals surface area contributed by atoms with Crippen molar-refractivity contribution in [1.82, 2.24) is 0 Å². The number of thioether (sulfide) groups is 1. The van der Waals surface area contributed by atoms with Gasteiger partial charge in [-0.2, -0.15) is 0 Å². The molecule has 2 rings (SSSR count). The fourth-order valence-electron chi connectivity index (χ4n) is 1.79. The maximum absolute atomic E-state index is 9.28. The van der Waals surface area contributed by atoms with Crippen LogP contribution in [0.15, 0.2) is 59.6 Å². The number of nitrogens with zero attached hydrogens (tertiary/aromatic N) is 1. The zero-order valence-electron chi connectivity index (χ0n) is 11.6. The Labute approximate surface area is 123 Å². The molecule has 0 saturated heterocycles. The highest BCUT2D eigenvalue weighted by Crippen LogP contribution is 2.20. The first-order valence-electron chi connectivity index (χ1n) is 6.42. The van der Waals surface area contributed by atoms with E-state index in [2.05, 4.69) is 29.4 Å². The Kier molecular flexibility index (Phi) is 5.07. The van der Waals surface area contributed by atoms with E-state index >= 15 is 0 Å². The number of phenolic OH excluding ortho intramolecular Hbond substituents is 1. The van der Waals surface area contributed by atoms with Gasteiger partial charge >= 0.3 is 0 Å². The lowest BCUT2D eigenvalue weighted by Gasteiger charge is -2.12. The third-order valence-corrected chi connectivity index (χ3v) is 3.50. The number of hydrogen-bond acceptors (Lipinski definition) is 3. The second-order valence-electron chi connectivity index (χ2n) is 4.40. The quantitative estimate of drug-likeness (QED) is 0.503. The Bertz CT molecular complexity index is 567. The van der Waals surface area contributed by atoms with Crippen molar-refractivity contribution in [3.8, 4) is 5.75 Å². The zero-order chi connectivity index (χ0) is 14.4. The maximum Gasteiger partial charge on any atom is 0.161 e. The third-order valence-electron chi connectivity index (χ3n) is 2.90. The lowest BCUT2D eigenvalue weighted by molar-refractivity contribution is 0.475. The lowest BCUT2D eigenvalue weighted by atomic mass is 10.1. The number of hydrogen-bond donors (Lipinski definition) is 2. The Balaban J connectivity index is 2.11. The van der Waals surface area contributed by atoms with Gasteiger partial charge in [0.05, 0.1) is 6.04 Å². The zero-order valence-corrected chi connectivity index (χ0v) is 12.4. The molecule has 0 saturated carbocycles. The smallest absolute Gasteiger partial charge is 0.161 e. The van der Waals surface area contributed by atoms with E-state index in [0.29, 0.717) is 0 Å². The number of rotatable bonds is 3. The van der Waals surface area contributed by atoms with Crippen LogP contribution in [0.5, 0.6) is 5.75 Å². The molecular weight excluding hydrogens is 268 g/mol. The molecule has 0 heterocycles. The van der Waals surface area contributed by atoms with E-state index in [0.717, 1.165) is 10.9 Å². The fraction of sp³-hybridized carbons (Fsp3) is 0.188. The summed E-state index contributed by atoms with van der Waals surface area (Å²) in [5, 5.41) is 13.4. The molecule has 2 N–H and O–H groups in total. The minimum atomic E-state index is 0.100. The SMILES string of the molecule is CSC(=N[C@@H](C)c1ccccc1)Nc1ccc(O)cc1. The van der Waals surface area contributed by atoms with Crippen LogP contribution in [-0.2, 0) is 0 Å². The van der Waals surface area contributed by atoms with Crippen molar-refractivity contribution >= 4 is 22.6 Å². The molecule has 104 valence electrons. The number of nitrogens with one attached hydrogen (secondary N) is 1. The topological polar surface area (TPSA) is 44.6 Å². The van der Waals surface area contributed by atoms with E-state index in [1.165, 1.54) is 5.56 Å². The molecule has 0 aliphatic rings. The number of anilines is 1. The van der Waals surface area contributed by atoms with Crippen LogP contribution in [0.4, 0.5) is 5.69 Å². The van der Waals surface area contributed by atoms with Gasteiger partial charge in [-0.15, -0.1) is 0 Å². The summed E-state index contributed by atoms with van der Waals surface area (Å²) in [5.74, 6) is 0.260. The van der Waals surface area contributed by atoms with Crippen molar-refractivity contribution in [1.29, 1.82) is 0 Å². The molecular formula is C16H18N2OS. The van der Waals surface area contributed by atoms with Gasteiger partial charge in [0.1, 0.15) is 5.75 Å². The van der Waals surface area contributed by atoms with Crippen LogP contribution in [0.1, 0.15) is 18.5 Å². The van der Waals surface area contributed by atoms with Gasteiger partial charge in [0, 0.05) is 5.69 Å². The van der Waals surface area contributed by atoms with Crippen LogP contribution in [0.3, 0.4) is 0 Å². The molecule has 0 bridgehead atoms. The second kappa shape index (κ2) is 7.01. The molecule has 0 fully saturated rings. The number of aliphatic imine (C=N–C) groups is 1. The predicted octanol–water partition coefficient (Wildman–Crippen LogP) is 4.28. The van der Waals surface area contributed by atoms with Crippen molar-refractivity contribution in [2.75, 3.05) is 11.6 Å². The van der Waals surface area contributed by atoms with Crippen LogP contribution < -0.4 is 5.32 Å². The molecule has 2 aromatic rings. The van der Waals surface area contributed by atoms with E-state index in [9.17, 15) is 5.11 Å². The monoisotopic (exact) mass is 286 g/mol. The van der Waals surface area contributed by atoms with Gasteiger partial charge in [0.25, 0.3) is 0 Å². The molecule has 2 aromatic carbocycles. The molecule has 1 atom stereocenters. The number of benzene rings is 2. The molecule has 0 aliphatic heterocycles. The first kappa shape index (κ1) is 14.5. The van der Waals surface area contributed by atoms with Gasteiger partial charge < -0.3 is 10.4 Å². The van der Waals surface area contributed by atoms with E-state index in [4.69, 9.17) is 0 Å². The van der Waals surface area contributed by atoms with Crippen LogP contribution in [0.25, 0.3) is 0 Å². The van der Waals surface area contributed by atoms with Crippen LogP contribution >= 0.6 is 11.8 Å². The summed E-state index contributed by atoms with van der Waals surface area (Å²) in [7, 11) is 0. The van der Waals surface area contributed by atoms with E-state index in [1.54, 1.807) is 23.9 Å². The summed E-state index contributed by atoms with van der Waals surface area (Å²) >= 11 is 1.57. The average Bonchev–Trinajstić information content (AvgIpc) is 2.49. The summed E-state index contributed by atoms with van der Waals surface area (Å²) in [6.45, 7) is 2.07. The molecule has 0 unspecified atom stereocenters. The van der Waals surface area contributed by atoms with Gasteiger partial charge in [-0.3, -0.25) is 4.99 Å². The van der Waals surface area contributed by atoms with Gasteiger partial charge in [0.15, 0.2) is 5.17 Å².